The molecule has 2 rings (SSSR count). The van der Waals surface area contributed by atoms with E-state index in [9.17, 15) is 5.11 Å². The van der Waals surface area contributed by atoms with Crippen molar-refractivity contribution >= 4 is 10.8 Å². The summed E-state index contributed by atoms with van der Waals surface area (Å²) in [5.41, 5.74) is 0.848. The van der Waals surface area contributed by atoms with E-state index in [1.54, 1.807) is 7.11 Å². The van der Waals surface area contributed by atoms with Crippen molar-refractivity contribution in [2.45, 2.75) is 12.5 Å². The van der Waals surface area contributed by atoms with Crippen LogP contribution in [0.25, 0.3) is 10.8 Å². The molecule has 0 aliphatic carbocycles. The molecule has 2 aromatic rings. The SMILES string of the molecule is C#CCC(O)c1ccc2cc(OC)ccc2c1. The van der Waals surface area contributed by atoms with Gasteiger partial charge in [-0.3, -0.25) is 0 Å². The summed E-state index contributed by atoms with van der Waals surface area (Å²) in [6, 6.07) is 11.7. The van der Waals surface area contributed by atoms with Gasteiger partial charge in [-0.2, -0.15) is 0 Å². The lowest BCUT2D eigenvalue weighted by Gasteiger charge is -2.09. The Kier molecular flexibility index (Phi) is 3.32. The molecular weight excluding hydrogens is 212 g/mol. The van der Waals surface area contributed by atoms with Crippen LogP contribution in [-0.4, -0.2) is 12.2 Å². The number of aliphatic hydroxyl groups excluding tert-OH is 1. The highest BCUT2D eigenvalue weighted by atomic mass is 16.5. The molecule has 2 aromatic carbocycles. The number of ether oxygens (including phenoxy) is 1. The molecule has 0 bridgehead atoms. The van der Waals surface area contributed by atoms with Gasteiger partial charge in [-0.15, -0.1) is 12.3 Å². The van der Waals surface area contributed by atoms with Crippen LogP contribution in [0.2, 0.25) is 0 Å². The highest BCUT2D eigenvalue weighted by molar-refractivity contribution is 5.84. The Labute approximate surface area is 101 Å². The first-order valence-corrected chi connectivity index (χ1v) is 5.44. The van der Waals surface area contributed by atoms with E-state index in [4.69, 9.17) is 11.2 Å². The van der Waals surface area contributed by atoms with Gasteiger partial charge in [-0.25, -0.2) is 0 Å². The lowest BCUT2D eigenvalue weighted by Crippen LogP contribution is -1.95. The maximum atomic E-state index is 9.81. The summed E-state index contributed by atoms with van der Waals surface area (Å²) >= 11 is 0. The third kappa shape index (κ3) is 2.41. The minimum absolute atomic E-state index is 0.335. The van der Waals surface area contributed by atoms with E-state index < -0.39 is 6.10 Å². The number of terminal acetylenes is 1. The number of hydrogen-bond acceptors (Lipinski definition) is 2. The molecule has 2 heteroatoms. The molecule has 1 N–H and O–H groups in total. The number of rotatable bonds is 3. The molecule has 1 unspecified atom stereocenters. The second kappa shape index (κ2) is 4.90. The predicted octanol–water partition coefficient (Wildman–Crippen LogP) is 2.91. The first-order valence-electron chi connectivity index (χ1n) is 5.44. The lowest BCUT2D eigenvalue weighted by atomic mass is 10.0. The number of benzene rings is 2. The summed E-state index contributed by atoms with van der Waals surface area (Å²) in [6.07, 6.45) is 4.93. The second-order valence-corrected chi connectivity index (χ2v) is 3.90. The largest absolute Gasteiger partial charge is 0.497 e. The quantitative estimate of drug-likeness (QED) is 0.815. The standard InChI is InChI=1S/C15H14O2/c1-3-4-15(16)13-6-5-12-10-14(17-2)8-7-11(12)9-13/h1,5-10,15-16H,4H2,2H3. The number of methoxy groups -OCH3 is 1. The zero-order chi connectivity index (χ0) is 12.3. The Morgan fingerprint density at radius 1 is 1.24 bits per heavy atom. The molecule has 17 heavy (non-hydrogen) atoms. The summed E-state index contributed by atoms with van der Waals surface area (Å²) in [6.45, 7) is 0. The van der Waals surface area contributed by atoms with Gasteiger partial charge in [0.15, 0.2) is 0 Å². The molecule has 0 saturated heterocycles. The fraction of sp³-hybridized carbons (Fsp3) is 0.200. The van der Waals surface area contributed by atoms with Gasteiger partial charge >= 0.3 is 0 Å². The van der Waals surface area contributed by atoms with Crippen LogP contribution in [0.5, 0.6) is 5.75 Å². The van der Waals surface area contributed by atoms with Crippen molar-refractivity contribution in [2.24, 2.45) is 0 Å². The van der Waals surface area contributed by atoms with Crippen molar-refractivity contribution in [1.29, 1.82) is 0 Å². The Bertz CT molecular complexity index is 567. The van der Waals surface area contributed by atoms with E-state index in [0.29, 0.717) is 6.42 Å². The fourth-order valence-corrected chi connectivity index (χ4v) is 1.81. The van der Waals surface area contributed by atoms with Crippen molar-refractivity contribution in [3.63, 3.8) is 0 Å². The van der Waals surface area contributed by atoms with Crippen molar-refractivity contribution in [3.8, 4) is 18.1 Å². The Balaban J connectivity index is 2.42. The third-order valence-electron chi connectivity index (χ3n) is 2.77. The average molecular weight is 226 g/mol. The first kappa shape index (κ1) is 11.5. The Morgan fingerprint density at radius 3 is 2.65 bits per heavy atom. The molecule has 0 spiro atoms. The number of aliphatic hydroxyl groups is 1. The van der Waals surface area contributed by atoms with Crippen molar-refractivity contribution in [3.05, 3.63) is 42.0 Å². The van der Waals surface area contributed by atoms with Crippen LogP contribution >= 0.6 is 0 Å². The lowest BCUT2D eigenvalue weighted by molar-refractivity contribution is 0.184. The molecule has 0 heterocycles. The van der Waals surface area contributed by atoms with Crippen LogP contribution in [-0.2, 0) is 0 Å². The minimum Gasteiger partial charge on any atom is -0.497 e. The average Bonchev–Trinajstić information content (AvgIpc) is 2.37. The summed E-state index contributed by atoms with van der Waals surface area (Å²) in [5, 5.41) is 12.0. The fourth-order valence-electron chi connectivity index (χ4n) is 1.81. The van der Waals surface area contributed by atoms with E-state index in [2.05, 4.69) is 5.92 Å². The summed E-state index contributed by atoms with van der Waals surface area (Å²) in [7, 11) is 1.65. The summed E-state index contributed by atoms with van der Waals surface area (Å²) in [4.78, 5) is 0. The Morgan fingerprint density at radius 2 is 1.94 bits per heavy atom. The maximum Gasteiger partial charge on any atom is 0.119 e. The summed E-state index contributed by atoms with van der Waals surface area (Å²) < 4.78 is 5.16. The van der Waals surface area contributed by atoms with Gasteiger partial charge in [0.25, 0.3) is 0 Å². The van der Waals surface area contributed by atoms with E-state index in [-0.39, 0.29) is 0 Å². The van der Waals surface area contributed by atoms with Crippen molar-refractivity contribution in [2.75, 3.05) is 7.11 Å². The first-order chi connectivity index (χ1) is 8.24. The molecule has 0 aliphatic heterocycles. The number of fused-ring (bicyclic) bond motifs is 1. The topological polar surface area (TPSA) is 29.5 Å². The van der Waals surface area contributed by atoms with Gasteiger partial charge < -0.3 is 9.84 Å². The van der Waals surface area contributed by atoms with E-state index in [0.717, 1.165) is 22.1 Å². The van der Waals surface area contributed by atoms with Gasteiger partial charge in [0.05, 0.1) is 13.2 Å². The molecule has 0 amide bonds. The van der Waals surface area contributed by atoms with Crippen LogP contribution < -0.4 is 4.74 Å². The van der Waals surface area contributed by atoms with Crippen LogP contribution in [0, 0.1) is 12.3 Å². The normalized spacial score (nSPS) is 12.1. The maximum absolute atomic E-state index is 9.81. The predicted molar refractivity (Wildman–Crippen MR) is 68.9 cm³/mol. The zero-order valence-corrected chi connectivity index (χ0v) is 9.68. The van der Waals surface area contributed by atoms with Gasteiger partial charge in [0.2, 0.25) is 0 Å². The minimum atomic E-state index is -0.591. The molecule has 0 fully saturated rings. The third-order valence-corrected chi connectivity index (χ3v) is 2.77. The molecule has 2 nitrogen and oxygen atoms in total. The highest BCUT2D eigenvalue weighted by Gasteiger charge is 2.06. The zero-order valence-electron chi connectivity index (χ0n) is 9.68. The summed E-state index contributed by atoms with van der Waals surface area (Å²) in [5.74, 6) is 3.29. The monoisotopic (exact) mass is 226 g/mol. The van der Waals surface area contributed by atoms with Crippen molar-refractivity contribution < 1.29 is 9.84 Å². The molecular formula is C15H14O2. The van der Waals surface area contributed by atoms with Gasteiger partial charge in [0.1, 0.15) is 5.75 Å². The molecule has 0 saturated carbocycles. The molecule has 1 atom stereocenters. The van der Waals surface area contributed by atoms with Crippen molar-refractivity contribution in [1.82, 2.24) is 0 Å². The van der Waals surface area contributed by atoms with Crippen LogP contribution in [0.1, 0.15) is 18.1 Å². The number of hydrogen-bond donors (Lipinski definition) is 1. The molecule has 86 valence electrons. The smallest absolute Gasteiger partial charge is 0.119 e. The van der Waals surface area contributed by atoms with E-state index in [1.165, 1.54) is 0 Å². The molecule has 0 radical (unpaired) electrons. The Hall–Kier alpha value is -1.98. The van der Waals surface area contributed by atoms with Crippen LogP contribution in [0.3, 0.4) is 0 Å². The van der Waals surface area contributed by atoms with E-state index >= 15 is 0 Å². The highest BCUT2D eigenvalue weighted by Crippen LogP contribution is 2.25. The van der Waals surface area contributed by atoms with Gasteiger partial charge in [-0.05, 0) is 34.5 Å². The van der Waals surface area contributed by atoms with Crippen LogP contribution in [0.4, 0.5) is 0 Å². The molecule has 0 aromatic heterocycles. The second-order valence-electron chi connectivity index (χ2n) is 3.90. The van der Waals surface area contributed by atoms with Gasteiger partial charge in [-0.1, -0.05) is 18.2 Å². The van der Waals surface area contributed by atoms with E-state index in [1.807, 2.05) is 36.4 Å². The molecule has 0 aliphatic rings. The van der Waals surface area contributed by atoms with Gasteiger partial charge in [0, 0.05) is 6.42 Å². The van der Waals surface area contributed by atoms with Crippen LogP contribution in [0.15, 0.2) is 36.4 Å².